The maximum atomic E-state index is 12.3. The van der Waals surface area contributed by atoms with Crippen LogP contribution in [0.2, 0.25) is 0 Å². The van der Waals surface area contributed by atoms with Crippen LogP contribution in [-0.2, 0) is 10.4 Å². The minimum Gasteiger partial charge on any atom is -0.479 e. The number of carbonyl (C=O) groups excluding carboxylic acids is 1. The van der Waals surface area contributed by atoms with E-state index in [2.05, 4.69) is 0 Å². The van der Waals surface area contributed by atoms with E-state index in [1.54, 1.807) is 36.4 Å². The molecule has 0 bridgehead atoms. The van der Waals surface area contributed by atoms with E-state index in [0.717, 1.165) is 0 Å². The van der Waals surface area contributed by atoms with E-state index in [4.69, 9.17) is 5.11 Å². The van der Waals surface area contributed by atoms with E-state index in [0.29, 0.717) is 11.1 Å². The number of carbonyl (C=O) groups is 2. The first-order chi connectivity index (χ1) is 10.4. The third-order valence-electron chi connectivity index (χ3n) is 3.14. The van der Waals surface area contributed by atoms with Crippen molar-refractivity contribution in [2.75, 3.05) is 0 Å². The van der Waals surface area contributed by atoms with E-state index < -0.39 is 11.6 Å². The Labute approximate surface area is 130 Å². The average Bonchev–Trinajstić information content (AvgIpc) is 2.56. The van der Waals surface area contributed by atoms with Crippen LogP contribution in [0.15, 0.2) is 54.6 Å². The first kappa shape index (κ1) is 17.6. The van der Waals surface area contributed by atoms with Crippen molar-refractivity contribution in [1.29, 1.82) is 0 Å². The number of aliphatic carboxylic acids is 1. The summed E-state index contributed by atoms with van der Waals surface area (Å²) in [6.07, 6.45) is 0. The molecule has 116 valence electrons. The number of hydrogen-bond acceptors (Lipinski definition) is 3. The van der Waals surface area contributed by atoms with Gasteiger partial charge in [0.05, 0.1) is 0 Å². The molecular weight excluding hydrogens is 280 g/mol. The van der Waals surface area contributed by atoms with Crippen molar-refractivity contribution >= 4 is 11.8 Å². The molecule has 2 aromatic rings. The normalized spacial score (nSPS) is 12.5. The third-order valence-corrected chi connectivity index (χ3v) is 3.14. The summed E-state index contributed by atoms with van der Waals surface area (Å²) >= 11 is 0. The Morgan fingerprint density at radius 1 is 0.909 bits per heavy atom. The van der Waals surface area contributed by atoms with Crippen molar-refractivity contribution in [2.24, 2.45) is 0 Å². The van der Waals surface area contributed by atoms with Crippen LogP contribution in [0.3, 0.4) is 0 Å². The third kappa shape index (κ3) is 3.80. The number of benzene rings is 2. The topological polar surface area (TPSA) is 74.6 Å². The molecule has 0 heterocycles. The maximum Gasteiger partial charge on any atom is 0.340 e. The number of aliphatic hydroxyl groups is 1. The molecule has 4 heteroatoms. The Kier molecular flexibility index (Phi) is 6.01. The van der Waals surface area contributed by atoms with Gasteiger partial charge in [-0.25, -0.2) is 4.79 Å². The van der Waals surface area contributed by atoms with E-state index in [1.165, 1.54) is 19.1 Å². The van der Waals surface area contributed by atoms with Crippen LogP contribution in [-0.4, -0.2) is 22.0 Å². The fourth-order valence-electron chi connectivity index (χ4n) is 1.84. The summed E-state index contributed by atoms with van der Waals surface area (Å²) in [5.74, 6) is -1.57. The summed E-state index contributed by atoms with van der Waals surface area (Å²) in [6, 6.07) is 14.7. The van der Waals surface area contributed by atoms with Crippen molar-refractivity contribution < 1.29 is 19.8 Å². The zero-order valence-corrected chi connectivity index (χ0v) is 12.9. The molecule has 22 heavy (non-hydrogen) atoms. The molecule has 1 unspecified atom stereocenters. The molecule has 2 rings (SSSR count). The van der Waals surface area contributed by atoms with Gasteiger partial charge in [-0.2, -0.15) is 0 Å². The molecule has 0 aliphatic heterocycles. The Bertz CT molecular complexity index is 645. The summed E-state index contributed by atoms with van der Waals surface area (Å²) in [5, 5.41) is 18.9. The van der Waals surface area contributed by atoms with Crippen LogP contribution in [0.4, 0.5) is 0 Å². The molecule has 0 saturated carbocycles. The second kappa shape index (κ2) is 7.52. The Balaban J connectivity index is 0.00000116. The smallest absolute Gasteiger partial charge is 0.340 e. The molecule has 0 spiro atoms. The molecular formula is C18H20O4. The summed E-state index contributed by atoms with van der Waals surface area (Å²) < 4.78 is 0. The lowest BCUT2D eigenvalue weighted by Crippen LogP contribution is -2.32. The second-order valence-corrected chi connectivity index (χ2v) is 4.65. The molecule has 0 fully saturated rings. The van der Waals surface area contributed by atoms with Crippen LogP contribution in [0.25, 0.3) is 0 Å². The predicted octanol–water partition coefficient (Wildman–Crippen LogP) is 3.24. The van der Waals surface area contributed by atoms with Crippen LogP contribution in [0.1, 0.15) is 42.3 Å². The Morgan fingerprint density at radius 3 is 2.00 bits per heavy atom. The maximum absolute atomic E-state index is 12.3. The molecule has 0 radical (unpaired) electrons. The van der Waals surface area contributed by atoms with Gasteiger partial charge in [-0.05, 0) is 18.6 Å². The highest BCUT2D eigenvalue weighted by Crippen LogP contribution is 2.22. The highest BCUT2D eigenvalue weighted by molar-refractivity contribution is 6.09. The quantitative estimate of drug-likeness (QED) is 0.850. The molecule has 0 saturated heterocycles. The second-order valence-electron chi connectivity index (χ2n) is 4.65. The average molecular weight is 300 g/mol. The molecule has 0 aromatic heterocycles. The molecule has 0 amide bonds. The van der Waals surface area contributed by atoms with Crippen molar-refractivity contribution in [3.63, 3.8) is 0 Å². The highest BCUT2D eigenvalue weighted by Gasteiger charge is 2.32. The van der Waals surface area contributed by atoms with Gasteiger partial charge in [-0.1, -0.05) is 62.4 Å². The standard InChI is InChI=1S/C16H14O4.C2H6/c1-16(20,15(18)19)13-9-5-8-12(10-13)14(17)11-6-3-2-4-7-11;1-2/h2-10,20H,1H3,(H,18,19);1-2H3. The van der Waals surface area contributed by atoms with Crippen molar-refractivity contribution in [3.8, 4) is 0 Å². The van der Waals surface area contributed by atoms with Crippen LogP contribution < -0.4 is 0 Å². The summed E-state index contributed by atoms with van der Waals surface area (Å²) in [6.45, 7) is 5.18. The first-order valence-corrected chi connectivity index (χ1v) is 7.09. The lowest BCUT2D eigenvalue weighted by molar-refractivity contribution is -0.157. The van der Waals surface area contributed by atoms with Crippen LogP contribution >= 0.6 is 0 Å². The zero-order chi connectivity index (χ0) is 16.8. The predicted molar refractivity (Wildman–Crippen MR) is 84.9 cm³/mol. The van der Waals surface area contributed by atoms with Gasteiger partial charge in [0.2, 0.25) is 0 Å². The number of ketones is 1. The molecule has 1 atom stereocenters. The minimum atomic E-state index is -2.02. The molecule has 2 aromatic carbocycles. The van der Waals surface area contributed by atoms with Gasteiger partial charge in [0.25, 0.3) is 0 Å². The lowest BCUT2D eigenvalue weighted by Gasteiger charge is -2.18. The van der Waals surface area contributed by atoms with Gasteiger partial charge in [0, 0.05) is 11.1 Å². The lowest BCUT2D eigenvalue weighted by atomic mass is 9.92. The minimum absolute atomic E-state index is 0.173. The van der Waals surface area contributed by atoms with Gasteiger partial charge in [0.1, 0.15) is 0 Å². The fourth-order valence-corrected chi connectivity index (χ4v) is 1.84. The largest absolute Gasteiger partial charge is 0.479 e. The van der Waals surface area contributed by atoms with E-state index in [9.17, 15) is 14.7 Å². The number of rotatable bonds is 4. The summed E-state index contributed by atoms with van der Waals surface area (Å²) in [4.78, 5) is 23.3. The van der Waals surface area contributed by atoms with E-state index in [1.807, 2.05) is 19.9 Å². The Hall–Kier alpha value is -2.46. The summed E-state index contributed by atoms with van der Waals surface area (Å²) in [7, 11) is 0. The van der Waals surface area contributed by atoms with Gasteiger partial charge in [0.15, 0.2) is 11.4 Å². The number of carboxylic acid groups (broad SMARTS) is 1. The molecule has 2 N–H and O–H groups in total. The van der Waals surface area contributed by atoms with Crippen molar-refractivity contribution in [2.45, 2.75) is 26.4 Å². The monoisotopic (exact) mass is 300 g/mol. The number of hydrogen-bond donors (Lipinski definition) is 2. The molecule has 0 aliphatic carbocycles. The van der Waals surface area contributed by atoms with Gasteiger partial charge < -0.3 is 10.2 Å². The van der Waals surface area contributed by atoms with Gasteiger partial charge in [-0.3, -0.25) is 4.79 Å². The van der Waals surface area contributed by atoms with E-state index >= 15 is 0 Å². The van der Waals surface area contributed by atoms with Crippen LogP contribution in [0.5, 0.6) is 0 Å². The van der Waals surface area contributed by atoms with Crippen molar-refractivity contribution in [1.82, 2.24) is 0 Å². The molecule has 4 nitrogen and oxygen atoms in total. The fraction of sp³-hybridized carbons (Fsp3) is 0.222. The van der Waals surface area contributed by atoms with E-state index in [-0.39, 0.29) is 11.3 Å². The number of carboxylic acids is 1. The zero-order valence-electron chi connectivity index (χ0n) is 12.9. The van der Waals surface area contributed by atoms with Gasteiger partial charge in [-0.15, -0.1) is 0 Å². The first-order valence-electron chi connectivity index (χ1n) is 7.09. The highest BCUT2D eigenvalue weighted by atomic mass is 16.4. The summed E-state index contributed by atoms with van der Waals surface area (Å²) in [5.41, 5.74) is -0.992. The van der Waals surface area contributed by atoms with Crippen molar-refractivity contribution in [3.05, 3.63) is 71.3 Å². The van der Waals surface area contributed by atoms with Crippen LogP contribution in [0, 0.1) is 0 Å². The molecule has 0 aliphatic rings. The Morgan fingerprint density at radius 2 is 1.45 bits per heavy atom. The van der Waals surface area contributed by atoms with Gasteiger partial charge >= 0.3 is 5.97 Å². The SMILES string of the molecule is CC.CC(O)(C(=O)O)c1cccc(C(=O)c2ccccc2)c1.